The third-order valence-electron chi connectivity index (χ3n) is 7.17. The van der Waals surface area contributed by atoms with Gasteiger partial charge in [0.25, 0.3) is 17.7 Å². The van der Waals surface area contributed by atoms with E-state index in [0.717, 1.165) is 0 Å². The van der Waals surface area contributed by atoms with Crippen LogP contribution in [0, 0.1) is 11.3 Å². The molecule has 0 saturated carbocycles. The second kappa shape index (κ2) is 15.0. The molecule has 0 radical (unpaired) electrons. The first-order valence-electron chi connectivity index (χ1n) is 15.6. The van der Waals surface area contributed by atoms with Crippen LogP contribution >= 0.6 is 0 Å². The number of morpholine rings is 2. The Morgan fingerprint density at radius 2 is 1.59 bits per heavy atom. The SMILES string of the molecule is CC(C)(C)OC(=O)N(Cc1cc(NC(=O)[C@H](O)[C@H]2OCCN(c3cccc(N4CCOCC4=O)c3)C2=O)ccc1C#N)C(=O)OC(C)(C)C. The second-order valence-corrected chi connectivity index (χ2v) is 13.4. The molecule has 2 aliphatic rings. The number of amides is 5. The maximum Gasteiger partial charge on any atom is 0.420 e. The van der Waals surface area contributed by atoms with E-state index in [9.17, 15) is 34.3 Å². The molecular weight excluding hydrogens is 638 g/mol. The number of carbonyl (C=O) groups excluding carboxylic acids is 5. The first-order valence-corrected chi connectivity index (χ1v) is 15.6. The molecule has 0 aromatic heterocycles. The first kappa shape index (κ1) is 36.8. The molecule has 0 unspecified atom stereocenters. The number of aliphatic hydroxyl groups is 1. The minimum atomic E-state index is -1.93. The number of nitriles is 1. The molecule has 2 fully saturated rings. The van der Waals surface area contributed by atoms with E-state index in [4.69, 9.17) is 18.9 Å². The van der Waals surface area contributed by atoms with Crippen molar-refractivity contribution in [1.29, 1.82) is 5.26 Å². The van der Waals surface area contributed by atoms with E-state index in [0.29, 0.717) is 29.4 Å². The van der Waals surface area contributed by atoms with Crippen LogP contribution in [-0.4, -0.2) is 96.2 Å². The van der Waals surface area contributed by atoms with Crippen molar-refractivity contribution < 1.29 is 48.0 Å². The molecular formula is C34H41N5O10. The van der Waals surface area contributed by atoms with E-state index in [1.165, 1.54) is 23.1 Å². The molecule has 49 heavy (non-hydrogen) atoms. The zero-order valence-corrected chi connectivity index (χ0v) is 28.3. The number of rotatable bonds is 7. The standard InChI is InChI=1S/C34H41N5O10/c1-33(2,3)48-31(44)39(32(45)49-34(4,5)6)19-22-16-23(11-10-21(22)18-35)36-29(42)27(41)28-30(43)38(13-15-47-28)25-9-7-8-24(17-25)37-12-14-46-20-26(37)40/h7-11,16-17,27-28,41H,12-15,19-20H2,1-6H3,(H,36,42)/t27-,28-/m1/s1. The van der Waals surface area contributed by atoms with E-state index < -0.39 is 54.0 Å². The van der Waals surface area contributed by atoms with Crippen LogP contribution in [0.3, 0.4) is 0 Å². The van der Waals surface area contributed by atoms with Crippen LogP contribution in [-0.2, 0) is 39.9 Å². The Bertz CT molecular complexity index is 1610. The van der Waals surface area contributed by atoms with E-state index >= 15 is 0 Å². The summed E-state index contributed by atoms with van der Waals surface area (Å²) in [5.74, 6) is -1.85. The zero-order chi connectivity index (χ0) is 36.1. The van der Waals surface area contributed by atoms with E-state index in [-0.39, 0.29) is 42.5 Å². The molecule has 2 atom stereocenters. The summed E-state index contributed by atoms with van der Waals surface area (Å²) in [6.45, 7) is 10.2. The van der Waals surface area contributed by atoms with Gasteiger partial charge in [0.1, 0.15) is 17.8 Å². The fourth-order valence-electron chi connectivity index (χ4n) is 4.98. The van der Waals surface area contributed by atoms with Crippen LogP contribution in [0.1, 0.15) is 52.7 Å². The van der Waals surface area contributed by atoms with Crippen LogP contribution in [0.4, 0.5) is 26.7 Å². The van der Waals surface area contributed by atoms with Crippen molar-refractivity contribution in [2.75, 3.05) is 48.0 Å². The normalized spacial score (nSPS) is 17.6. The number of benzene rings is 2. The largest absolute Gasteiger partial charge is 0.443 e. The van der Waals surface area contributed by atoms with E-state index in [1.54, 1.807) is 70.7 Å². The van der Waals surface area contributed by atoms with Crippen molar-refractivity contribution in [1.82, 2.24) is 4.90 Å². The first-order chi connectivity index (χ1) is 23.0. The number of anilines is 3. The summed E-state index contributed by atoms with van der Waals surface area (Å²) >= 11 is 0. The highest BCUT2D eigenvalue weighted by molar-refractivity contribution is 6.04. The van der Waals surface area contributed by atoms with Crippen LogP contribution in [0.25, 0.3) is 0 Å². The number of carbonyl (C=O) groups is 5. The molecule has 15 nitrogen and oxygen atoms in total. The lowest BCUT2D eigenvalue weighted by molar-refractivity contribution is -0.150. The topological polar surface area (TPSA) is 188 Å². The third kappa shape index (κ3) is 9.53. The number of hydrogen-bond acceptors (Lipinski definition) is 11. The summed E-state index contributed by atoms with van der Waals surface area (Å²) in [6.07, 6.45) is -5.49. The molecule has 2 aliphatic heterocycles. The minimum Gasteiger partial charge on any atom is -0.443 e. The van der Waals surface area contributed by atoms with Crippen molar-refractivity contribution in [3.05, 3.63) is 53.6 Å². The van der Waals surface area contributed by atoms with Gasteiger partial charge in [-0.15, -0.1) is 0 Å². The van der Waals surface area contributed by atoms with Gasteiger partial charge in [-0.1, -0.05) is 6.07 Å². The van der Waals surface area contributed by atoms with Gasteiger partial charge in [-0.25, -0.2) is 14.5 Å². The maximum absolute atomic E-state index is 13.5. The highest BCUT2D eigenvalue weighted by Gasteiger charge is 2.40. The Hall–Kier alpha value is -5.04. The number of hydrogen-bond donors (Lipinski definition) is 2. The Morgan fingerprint density at radius 3 is 2.18 bits per heavy atom. The fourth-order valence-corrected chi connectivity index (χ4v) is 4.98. The van der Waals surface area contributed by atoms with Crippen molar-refractivity contribution in [2.24, 2.45) is 0 Å². The second-order valence-electron chi connectivity index (χ2n) is 13.4. The van der Waals surface area contributed by atoms with Gasteiger partial charge in [0.05, 0.1) is 31.4 Å². The summed E-state index contributed by atoms with van der Waals surface area (Å²) in [7, 11) is 0. The number of nitrogens with one attached hydrogen (secondary N) is 1. The van der Waals surface area contributed by atoms with Crippen molar-refractivity contribution in [3.63, 3.8) is 0 Å². The van der Waals surface area contributed by atoms with Gasteiger partial charge in [0.15, 0.2) is 12.2 Å². The van der Waals surface area contributed by atoms with Crippen LogP contribution < -0.4 is 15.1 Å². The zero-order valence-electron chi connectivity index (χ0n) is 28.3. The van der Waals surface area contributed by atoms with Gasteiger partial charge >= 0.3 is 12.2 Å². The molecule has 4 rings (SSSR count). The lowest BCUT2D eigenvalue weighted by Crippen LogP contribution is -2.55. The quantitative estimate of drug-likeness (QED) is 0.437. The number of aliphatic hydroxyl groups excluding tert-OH is 1. The number of ether oxygens (including phenoxy) is 4. The molecule has 2 aromatic carbocycles. The molecule has 0 spiro atoms. The van der Waals surface area contributed by atoms with Crippen LogP contribution in [0.15, 0.2) is 42.5 Å². The Balaban J connectivity index is 1.51. The fraction of sp³-hybridized carbons (Fsp3) is 0.471. The molecule has 0 aliphatic carbocycles. The Kier molecular flexibility index (Phi) is 11.3. The van der Waals surface area contributed by atoms with Crippen molar-refractivity contribution in [2.45, 2.75) is 71.5 Å². The molecule has 2 heterocycles. The highest BCUT2D eigenvalue weighted by Crippen LogP contribution is 2.27. The lowest BCUT2D eigenvalue weighted by Gasteiger charge is -2.35. The average Bonchev–Trinajstić information content (AvgIpc) is 3.02. The van der Waals surface area contributed by atoms with Gasteiger partial charge < -0.3 is 39.2 Å². The Morgan fingerprint density at radius 1 is 0.980 bits per heavy atom. The predicted octanol–water partition coefficient (Wildman–Crippen LogP) is 3.33. The molecule has 2 aromatic rings. The van der Waals surface area contributed by atoms with Gasteiger partial charge in [0.2, 0.25) is 0 Å². The molecule has 15 heteroatoms. The van der Waals surface area contributed by atoms with Gasteiger partial charge in [0, 0.05) is 30.2 Å². The van der Waals surface area contributed by atoms with Crippen molar-refractivity contribution >= 4 is 47.0 Å². The Labute approximate surface area is 284 Å². The average molecular weight is 680 g/mol. The summed E-state index contributed by atoms with van der Waals surface area (Å²) < 4.78 is 21.5. The van der Waals surface area contributed by atoms with Gasteiger partial charge in [-0.05, 0) is 83.5 Å². The predicted molar refractivity (Wildman–Crippen MR) is 176 cm³/mol. The molecule has 262 valence electrons. The van der Waals surface area contributed by atoms with Crippen molar-refractivity contribution in [3.8, 4) is 6.07 Å². The van der Waals surface area contributed by atoms with Crippen LogP contribution in [0.5, 0.6) is 0 Å². The van der Waals surface area contributed by atoms with Gasteiger partial charge in [-0.3, -0.25) is 14.4 Å². The smallest absolute Gasteiger partial charge is 0.420 e. The summed E-state index contributed by atoms with van der Waals surface area (Å²) in [4.78, 5) is 68.8. The molecule has 5 amide bonds. The third-order valence-corrected chi connectivity index (χ3v) is 7.17. The molecule has 2 saturated heterocycles. The number of imide groups is 1. The summed E-state index contributed by atoms with van der Waals surface area (Å²) in [5.41, 5.74) is -0.485. The summed E-state index contributed by atoms with van der Waals surface area (Å²) in [5, 5.41) is 23.2. The summed E-state index contributed by atoms with van der Waals surface area (Å²) in [6, 6.07) is 12.9. The molecule has 2 N–H and O–H groups in total. The van der Waals surface area contributed by atoms with Gasteiger partial charge in [-0.2, -0.15) is 5.26 Å². The van der Waals surface area contributed by atoms with Crippen LogP contribution in [0.2, 0.25) is 0 Å². The molecule has 0 bridgehead atoms. The number of nitrogens with zero attached hydrogens (tertiary/aromatic N) is 4. The van der Waals surface area contributed by atoms with E-state index in [2.05, 4.69) is 5.32 Å². The maximum atomic E-state index is 13.5. The monoisotopic (exact) mass is 679 g/mol. The minimum absolute atomic E-state index is 0.0215. The highest BCUT2D eigenvalue weighted by atomic mass is 16.6. The lowest BCUT2D eigenvalue weighted by atomic mass is 10.1. The van der Waals surface area contributed by atoms with E-state index in [1.807, 2.05) is 6.07 Å².